The van der Waals surface area contributed by atoms with Gasteiger partial charge < -0.3 is 19.4 Å². The highest BCUT2D eigenvalue weighted by atomic mass is 16.5. The summed E-state index contributed by atoms with van der Waals surface area (Å²) in [5.74, 6) is 0.861. The normalized spacial score (nSPS) is 12.9. The van der Waals surface area contributed by atoms with E-state index >= 15 is 0 Å². The van der Waals surface area contributed by atoms with Crippen LogP contribution >= 0.6 is 0 Å². The van der Waals surface area contributed by atoms with E-state index in [4.69, 9.17) is 9.53 Å². The van der Waals surface area contributed by atoms with Crippen molar-refractivity contribution in [2.75, 3.05) is 26.1 Å². The van der Waals surface area contributed by atoms with Crippen molar-refractivity contribution in [1.82, 2.24) is 4.57 Å². The SMILES string of the molecule is CCOc1ccc2c(C#N)c(-c3ccc(NC)cc3)n(C3CCC3)c2c1.COC=O. The molecule has 4 rings (SSSR count). The Morgan fingerprint density at radius 1 is 1.23 bits per heavy atom. The van der Waals surface area contributed by atoms with Crippen molar-refractivity contribution >= 4 is 23.1 Å². The van der Waals surface area contributed by atoms with Crippen LogP contribution in [0.3, 0.4) is 0 Å². The van der Waals surface area contributed by atoms with Gasteiger partial charge in [-0.05, 0) is 56.0 Å². The number of methoxy groups -OCH3 is 1. The number of nitrogens with one attached hydrogen (secondary N) is 1. The first-order valence-corrected chi connectivity index (χ1v) is 10.1. The molecule has 0 unspecified atom stereocenters. The van der Waals surface area contributed by atoms with Crippen molar-refractivity contribution < 1.29 is 14.3 Å². The van der Waals surface area contributed by atoms with Crippen molar-refractivity contribution in [3.8, 4) is 23.1 Å². The number of aromatic nitrogens is 1. The second kappa shape index (κ2) is 9.84. The summed E-state index contributed by atoms with van der Waals surface area (Å²) in [7, 11) is 3.23. The predicted molar refractivity (Wildman–Crippen MR) is 119 cm³/mol. The van der Waals surface area contributed by atoms with Crippen LogP contribution in [0.2, 0.25) is 0 Å². The molecule has 6 heteroatoms. The zero-order chi connectivity index (χ0) is 21.5. The van der Waals surface area contributed by atoms with E-state index < -0.39 is 0 Å². The van der Waals surface area contributed by atoms with Crippen molar-refractivity contribution in [3.63, 3.8) is 0 Å². The van der Waals surface area contributed by atoms with Crippen LogP contribution in [-0.4, -0.2) is 31.8 Å². The second-order valence-corrected chi connectivity index (χ2v) is 7.06. The highest BCUT2D eigenvalue weighted by Gasteiger charge is 2.27. The Morgan fingerprint density at radius 3 is 2.43 bits per heavy atom. The molecule has 1 fully saturated rings. The monoisotopic (exact) mass is 405 g/mol. The quantitative estimate of drug-likeness (QED) is 0.575. The lowest BCUT2D eigenvalue weighted by Crippen LogP contribution is -2.17. The summed E-state index contributed by atoms with van der Waals surface area (Å²) in [5.41, 5.74) is 5.04. The van der Waals surface area contributed by atoms with Crippen molar-refractivity contribution in [1.29, 1.82) is 5.26 Å². The van der Waals surface area contributed by atoms with E-state index in [1.807, 2.05) is 26.1 Å². The third kappa shape index (κ3) is 4.11. The Labute approximate surface area is 177 Å². The Hall–Kier alpha value is -3.46. The summed E-state index contributed by atoms with van der Waals surface area (Å²) < 4.78 is 11.9. The molecule has 0 radical (unpaired) electrons. The van der Waals surface area contributed by atoms with Crippen LogP contribution in [0.4, 0.5) is 5.69 Å². The Balaban J connectivity index is 0.000000589. The minimum atomic E-state index is 0.375. The molecule has 6 nitrogen and oxygen atoms in total. The molecule has 0 aliphatic heterocycles. The maximum atomic E-state index is 9.93. The molecule has 1 saturated carbocycles. The smallest absolute Gasteiger partial charge is 0.292 e. The van der Waals surface area contributed by atoms with Crippen LogP contribution in [0, 0.1) is 11.3 Å². The molecule has 3 aromatic rings. The summed E-state index contributed by atoms with van der Waals surface area (Å²) >= 11 is 0. The summed E-state index contributed by atoms with van der Waals surface area (Å²) in [6.45, 7) is 3.00. The average molecular weight is 405 g/mol. The van der Waals surface area contributed by atoms with Crippen LogP contribution < -0.4 is 10.1 Å². The van der Waals surface area contributed by atoms with E-state index in [-0.39, 0.29) is 0 Å². The number of carbonyl (C=O) groups is 1. The van der Waals surface area contributed by atoms with Gasteiger partial charge in [0.1, 0.15) is 11.8 Å². The van der Waals surface area contributed by atoms with Gasteiger partial charge in [-0.3, -0.25) is 4.79 Å². The molecule has 0 spiro atoms. The molecule has 1 aliphatic carbocycles. The number of benzene rings is 2. The molecule has 30 heavy (non-hydrogen) atoms. The number of hydrogen-bond donors (Lipinski definition) is 1. The van der Waals surface area contributed by atoms with E-state index in [1.54, 1.807) is 0 Å². The van der Waals surface area contributed by atoms with E-state index in [0.29, 0.717) is 19.1 Å². The molecule has 1 heterocycles. The Morgan fingerprint density at radius 2 is 1.93 bits per heavy atom. The number of anilines is 1. The molecule has 0 amide bonds. The largest absolute Gasteiger partial charge is 0.494 e. The lowest BCUT2D eigenvalue weighted by molar-refractivity contribution is -0.126. The van der Waals surface area contributed by atoms with Gasteiger partial charge in [-0.25, -0.2) is 0 Å². The van der Waals surface area contributed by atoms with Gasteiger partial charge in [0.25, 0.3) is 6.47 Å². The predicted octanol–water partition coefficient (Wildman–Crippen LogP) is 5.13. The van der Waals surface area contributed by atoms with Gasteiger partial charge in [-0.15, -0.1) is 0 Å². The standard InChI is InChI=1S/C22H23N3O.C2H4O2/c1-3-26-18-11-12-19-20(14-23)22(15-7-9-16(24-2)10-8-15)25(21(19)13-18)17-5-4-6-17;1-4-2-3/h7-13,17,24H,3-6H2,1-2H3;2H,1H3. The lowest BCUT2D eigenvalue weighted by atomic mass is 9.92. The van der Waals surface area contributed by atoms with Gasteiger partial charge in [-0.2, -0.15) is 5.26 Å². The van der Waals surface area contributed by atoms with Gasteiger partial charge in [-0.1, -0.05) is 12.1 Å². The van der Waals surface area contributed by atoms with Crippen LogP contribution in [0.25, 0.3) is 22.2 Å². The molecular formula is C24H27N3O3. The maximum Gasteiger partial charge on any atom is 0.292 e. The van der Waals surface area contributed by atoms with Crippen molar-refractivity contribution in [2.45, 2.75) is 32.2 Å². The number of rotatable bonds is 6. The third-order valence-corrected chi connectivity index (χ3v) is 5.38. The molecule has 156 valence electrons. The first kappa shape index (κ1) is 21.3. The number of nitrogens with zero attached hydrogens (tertiary/aromatic N) is 2. The van der Waals surface area contributed by atoms with Gasteiger partial charge in [0, 0.05) is 30.2 Å². The lowest BCUT2D eigenvalue weighted by Gasteiger charge is -2.30. The second-order valence-electron chi connectivity index (χ2n) is 7.06. The fraction of sp³-hybridized carbons (Fsp3) is 0.333. The summed E-state index contributed by atoms with van der Waals surface area (Å²) in [5, 5.41) is 14.1. The maximum absolute atomic E-state index is 9.93. The van der Waals surface area contributed by atoms with E-state index in [1.165, 1.54) is 13.5 Å². The number of hydrogen-bond acceptors (Lipinski definition) is 5. The summed E-state index contributed by atoms with van der Waals surface area (Å²) in [4.78, 5) is 8.95. The minimum Gasteiger partial charge on any atom is -0.494 e. The van der Waals surface area contributed by atoms with Gasteiger partial charge in [0.2, 0.25) is 0 Å². The minimum absolute atomic E-state index is 0.375. The number of ether oxygens (including phenoxy) is 2. The highest BCUT2D eigenvalue weighted by molar-refractivity contribution is 5.95. The Bertz CT molecular complexity index is 1040. The van der Waals surface area contributed by atoms with Crippen LogP contribution in [-0.2, 0) is 9.53 Å². The summed E-state index contributed by atoms with van der Waals surface area (Å²) in [6.07, 6.45) is 3.57. The fourth-order valence-electron chi connectivity index (χ4n) is 3.76. The van der Waals surface area contributed by atoms with Crippen LogP contribution in [0.15, 0.2) is 42.5 Å². The van der Waals surface area contributed by atoms with Crippen LogP contribution in [0.1, 0.15) is 37.8 Å². The van der Waals surface area contributed by atoms with Crippen LogP contribution in [0.5, 0.6) is 5.75 Å². The van der Waals surface area contributed by atoms with Crippen molar-refractivity contribution in [2.24, 2.45) is 0 Å². The first-order valence-electron chi connectivity index (χ1n) is 10.1. The van der Waals surface area contributed by atoms with Gasteiger partial charge in [0.05, 0.1) is 30.5 Å². The van der Waals surface area contributed by atoms with E-state index in [9.17, 15) is 5.26 Å². The summed E-state index contributed by atoms with van der Waals surface area (Å²) in [6, 6.07) is 17.3. The molecular weight excluding hydrogens is 378 g/mol. The van der Waals surface area contributed by atoms with E-state index in [2.05, 4.69) is 51.0 Å². The first-order chi connectivity index (χ1) is 14.7. The topological polar surface area (TPSA) is 76.3 Å². The molecule has 1 aromatic heterocycles. The molecule has 1 aliphatic rings. The molecule has 0 bridgehead atoms. The van der Waals surface area contributed by atoms with Gasteiger partial charge in [0.15, 0.2) is 0 Å². The Kier molecular flexibility index (Phi) is 6.97. The molecule has 1 N–H and O–H groups in total. The third-order valence-electron chi connectivity index (χ3n) is 5.38. The number of fused-ring (bicyclic) bond motifs is 1. The highest BCUT2D eigenvalue weighted by Crippen LogP contribution is 2.43. The average Bonchev–Trinajstić information content (AvgIpc) is 3.06. The molecule has 0 atom stereocenters. The van der Waals surface area contributed by atoms with E-state index in [0.717, 1.165) is 52.0 Å². The fourth-order valence-corrected chi connectivity index (χ4v) is 3.76. The zero-order valence-electron chi connectivity index (χ0n) is 17.6. The van der Waals surface area contributed by atoms with Crippen molar-refractivity contribution in [3.05, 3.63) is 48.0 Å². The van der Waals surface area contributed by atoms with Gasteiger partial charge >= 0.3 is 0 Å². The number of carbonyl (C=O) groups excluding carboxylic acids is 1. The molecule has 0 saturated heterocycles. The molecule has 2 aromatic carbocycles. The number of nitriles is 1. The zero-order valence-corrected chi connectivity index (χ0v) is 17.6.